The number of halogens is 1. The first-order valence-electron chi connectivity index (χ1n) is 4.75. The molecule has 0 saturated heterocycles. The molecule has 0 aromatic carbocycles. The summed E-state index contributed by atoms with van der Waals surface area (Å²) in [5.74, 6) is 0.126. The van der Waals surface area contributed by atoms with Crippen LogP contribution in [0.25, 0.3) is 0 Å². The third-order valence-electron chi connectivity index (χ3n) is 2.19. The first-order valence-corrected chi connectivity index (χ1v) is 6.93. The lowest BCUT2D eigenvalue weighted by molar-refractivity contribution is -0.00474. The summed E-state index contributed by atoms with van der Waals surface area (Å²) in [6.45, 7) is 2.62. The van der Waals surface area contributed by atoms with Gasteiger partial charge in [0, 0.05) is 18.5 Å². The van der Waals surface area contributed by atoms with Crippen molar-refractivity contribution in [1.82, 2.24) is 4.72 Å². The van der Waals surface area contributed by atoms with Gasteiger partial charge in [0.05, 0.1) is 11.9 Å². The summed E-state index contributed by atoms with van der Waals surface area (Å²) in [6.07, 6.45) is 1.77. The Bertz CT molecular complexity index is 262. The van der Waals surface area contributed by atoms with Crippen LogP contribution in [0.2, 0.25) is 0 Å². The Labute approximate surface area is 90.0 Å². The van der Waals surface area contributed by atoms with E-state index in [4.69, 9.17) is 16.3 Å². The molecule has 0 atom stereocenters. The second-order valence-electron chi connectivity index (χ2n) is 3.37. The van der Waals surface area contributed by atoms with Crippen molar-refractivity contribution < 1.29 is 13.2 Å². The van der Waals surface area contributed by atoms with Crippen LogP contribution in [0.15, 0.2) is 0 Å². The molecule has 4 nitrogen and oxygen atoms in total. The second kappa shape index (κ2) is 5.30. The molecule has 1 aliphatic carbocycles. The highest BCUT2D eigenvalue weighted by atomic mass is 35.5. The van der Waals surface area contributed by atoms with E-state index in [0.717, 1.165) is 12.8 Å². The van der Waals surface area contributed by atoms with Gasteiger partial charge in [-0.05, 0) is 19.8 Å². The molecular formula is C8H16ClNO3S. The minimum absolute atomic E-state index is 0.00957. The predicted octanol–water partition coefficient (Wildman–Crippen LogP) is 0.712. The number of hydrogen-bond acceptors (Lipinski definition) is 3. The highest BCUT2D eigenvalue weighted by Crippen LogP contribution is 2.23. The number of alkyl halides is 1. The molecule has 0 aromatic rings. The van der Waals surface area contributed by atoms with Gasteiger partial charge in [0.15, 0.2) is 0 Å². The molecule has 1 rings (SSSR count). The van der Waals surface area contributed by atoms with Gasteiger partial charge < -0.3 is 4.74 Å². The van der Waals surface area contributed by atoms with Crippen LogP contribution in [0.5, 0.6) is 0 Å². The Kier molecular flexibility index (Phi) is 4.63. The van der Waals surface area contributed by atoms with Gasteiger partial charge in [-0.1, -0.05) is 0 Å². The fourth-order valence-electron chi connectivity index (χ4n) is 1.45. The average molecular weight is 242 g/mol. The van der Waals surface area contributed by atoms with Crippen LogP contribution >= 0.6 is 11.6 Å². The SMILES string of the molecule is CCOC1CC(NS(=O)(=O)CCCl)C1. The molecule has 0 aliphatic heterocycles. The van der Waals surface area contributed by atoms with E-state index in [-0.39, 0.29) is 23.8 Å². The maximum atomic E-state index is 11.3. The van der Waals surface area contributed by atoms with Crippen molar-refractivity contribution in [3.05, 3.63) is 0 Å². The van der Waals surface area contributed by atoms with Crippen molar-refractivity contribution in [3.8, 4) is 0 Å². The maximum Gasteiger partial charge on any atom is 0.213 e. The maximum absolute atomic E-state index is 11.3. The fraction of sp³-hybridized carbons (Fsp3) is 1.00. The molecule has 1 fully saturated rings. The standard InChI is InChI=1S/C8H16ClNO3S/c1-2-13-8-5-7(6-8)10-14(11,12)4-3-9/h7-8,10H,2-6H2,1H3. The molecular weight excluding hydrogens is 226 g/mol. The Morgan fingerprint density at radius 3 is 2.64 bits per heavy atom. The van der Waals surface area contributed by atoms with Gasteiger partial charge in [-0.3, -0.25) is 0 Å². The van der Waals surface area contributed by atoms with Crippen molar-refractivity contribution in [2.75, 3.05) is 18.2 Å². The van der Waals surface area contributed by atoms with Crippen LogP contribution in [-0.2, 0) is 14.8 Å². The van der Waals surface area contributed by atoms with Gasteiger partial charge in [0.2, 0.25) is 10.0 Å². The summed E-state index contributed by atoms with van der Waals surface area (Å²) >= 11 is 5.37. The fourth-order valence-corrected chi connectivity index (χ4v) is 3.08. The van der Waals surface area contributed by atoms with Gasteiger partial charge in [0.1, 0.15) is 0 Å². The smallest absolute Gasteiger partial charge is 0.213 e. The van der Waals surface area contributed by atoms with Crippen LogP contribution in [0.4, 0.5) is 0 Å². The van der Waals surface area contributed by atoms with E-state index in [1.165, 1.54) is 0 Å². The van der Waals surface area contributed by atoms with Gasteiger partial charge in [-0.2, -0.15) is 0 Å². The lowest BCUT2D eigenvalue weighted by atomic mass is 9.90. The first kappa shape index (κ1) is 12.2. The second-order valence-corrected chi connectivity index (χ2v) is 5.62. The van der Waals surface area contributed by atoms with Gasteiger partial charge in [-0.25, -0.2) is 13.1 Å². The van der Waals surface area contributed by atoms with E-state index < -0.39 is 10.0 Å². The number of nitrogens with one attached hydrogen (secondary N) is 1. The number of sulfonamides is 1. The predicted molar refractivity (Wildman–Crippen MR) is 56.1 cm³/mol. The summed E-state index contributed by atoms with van der Waals surface area (Å²) in [6, 6.07) is 0.0415. The molecule has 0 unspecified atom stereocenters. The Morgan fingerprint density at radius 2 is 2.14 bits per heavy atom. The Hall–Kier alpha value is 0.160. The van der Waals surface area contributed by atoms with Crippen molar-refractivity contribution >= 4 is 21.6 Å². The molecule has 1 saturated carbocycles. The van der Waals surface area contributed by atoms with E-state index in [1.807, 2.05) is 6.92 Å². The van der Waals surface area contributed by atoms with Gasteiger partial charge >= 0.3 is 0 Å². The van der Waals surface area contributed by atoms with Crippen LogP contribution in [0, 0.1) is 0 Å². The zero-order chi connectivity index (χ0) is 10.6. The third kappa shape index (κ3) is 3.73. The minimum atomic E-state index is -3.17. The Morgan fingerprint density at radius 1 is 1.50 bits per heavy atom. The molecule has 6 heteroatoms. The van der Waals surface area contributed by atoms with Crippen molar-refractivity contribution in [2.45, 2.75) is 31.9 Å². The van der Waals surface area contributed by atoms with Crippen LogP contribution < -0.4 is 4.72 Å². The quantitative estimate of drug-likeness (QED) is 0.697. The van der Waals surface area contributed by atoms with Gasteiger partial charge in [0.25, 0.3) is 0 Å². The molecule has 84 valence electrons. The number of ether oxygens (including phenoxy) is 1. The van der Waals surface area contributed by atoms with E-state index in [1.54, 1.807) is 0 Å². The summed E-state index contributed by atoms with van der Waals surface area (Å²) < 4.78 is 30.4. The summed E-state index contributed by atoms with van der Waals surface area (Å²) in [5, 5.41) is 0. The number of hydrogen-bond donors (Lipinski definition) is 1. The first-order chi connectivity index (χ1) is 6.57. The molecule has 0 bridgehead atoms. The summed E-state index contributed by atoms with van der Waals surface area (Å²) in [7, 11) is -3.17. The third-order valence-corrected chi connectivity index (χ3v) is 4.04. The summed E-state index contributed by atoms with van der Waals surface area (Å²) in [4.78, 5) is 0. The van der Waals surface area contributed by atoms with E-state index >= 15 is 0 Å². The van der Waals surface area contributed by atoms with Crippen molar-refractivity contribution in [2.24, 2.45) is 0 Å². The lowest BCUT2D eigenvalue weighted by Crippen LogP contribution is -2.48. The van der Waals surface area contributed by atoms with E-state index in [0.29, 0.717) is 6.61 Å². The van der Waals surface area contributed by atoms with Crippen molar-refractivity contribution in [1.29, 1.82) is 0 Å². The summed E-state index contributed by atoms with van der Waals surface area (Å²) in [5.41, 5.74) is 0. The van der Waals surface area contributed by atoms with Gasteiger partial charge in [-0.15, -0.1) is 11.6 Å². The van der Waals surface area contributed by atoms with E-state index in [2.05, 4.69) is 4.72 Å². The molecule has 0 radical (unpaired) electrons. The topological polar surface area (TPSA) is 55.4 Å². The number of rotatable bonds is 6. The zero-order valence-electron chi connectivity index (χ0n) is 8.20. The van der Waals surface area contributed by atoms with Crippen LogP contribution in [0.1, 0.15) is 19.8 Å². The van der Waals surface area contributed by atoms with E-state index in [9.17, 15) is 8.42 Å². The largest absolute Gasteiger partial charge is 0.378 e. The van der Waals surface area contributed by atoms with Crippen molar-refractivity contribution in [3.63, 3.8) is 0 Å². The highest BCUT2D eigenvalue weighted by Gasteiger charge is 2.32. The average Bonchev–Trinajstić information content (AvgIpc) is 2.00. The molecule has 0 heterocycles. The molecule has 14 heavy (non-hydrogen) atoms. The normalized spacial score (nSPS) is 27.3. The zero-order valence-corrected chi connectivity index (χ0v) is 9.77. The lowest BCUT2D eigenvalue weighted by Gasteiger charge is -2.34. The molecule has 0 aromatic heterocycles. The van der Waals surface area contributed by atoms with Crippen LogP contribution in [0.3, 0.4) is 0 Å². The highest BCUT2D eigenvalue weighted by molar-refractivity contribution is 7.89. The monoisotopic (exact) mass is 241 g/mol. The molecule has 1 aliphatic rings. The Balaban J connectivity index is 2.22. The van der Waals surface area contributed by atoms with Crippen LogP contribution in [-0.4, -0.2) is 38.8 Å². The molecule has 1 N–H and O–H groups in total. The minimum Gasteiger partial charge on any atom is -0.378 e. The molecule has 0 spiro atoms. The molecule has 0 amide bonds.